The lowest BCUT2D eigenvalue weighted by molar-refractivity contribution is 0.102. The molecule has 3 rings (SSSR count). The van der Waals surface area contributed by atoms with Crippen LogP contribution in [0.2, 0.25) is 0 Å². The highest BCUT2D eigenvalue weighted by Crippen LogP contribution is 2.25. The van der Waals surface area contributed by atoms with Gasteiger partial charge < -0.3 is 5.32 Å². The Morgan fingerprint density at radius 3 is 2.62 bits per heavy atom. The van der Waals surface area contributed by atoms with E-state index in [0.29, 0.717) is 15.7 Å². The van der Waals surface area contributed by atoms with Crippen molar-refractivity contribution >= 4 is 45.6 Å². The molecule has 0 spiro atoms. The van der Waals surface area contributed by atoms with Gasteiger partial charge in [0.2, 0.25) is 5.01 Å². The zero-order valence-corrected chi connectivity index (χ0v) is 14.6. The zero-order chi connectivity index (χ0) is 17.1. The number of nitrogens with one attached hydrogen (secondary N) is 1. The first-order chi connectivity index (χ1) is 11.5. The summed E-state index contributed by atoms with van der Waals surface area (Å²) in [5, 5.41) is 15.9. The summed E-state index contributed by atoms with van der Waals surface area (Å²) in [7, 11) is 1.82. The quantitative estimate of drug-likeness (QED) is 0.772. The summed E-state index contributed by atoms with van der Waals surface area (Å²) < 4.78 is 1.68. The normalized spacial score (nSPS) is 11.5. The lowest BCUT2D eigenvalue weighted by Gasteiger charge is -2.02. The molecule has 0 fully saturated rings. The minimum atomic E-state index is -0.312. The summed E-state index contributed by atoms with van der Waals surface area (Å²) in [6, 6.07) is 7.53. The molecule has 0 radical (unpaired) electrons. The Bertz CT molecular complexity index is 897. The molecule has 0 saturated heterocycles. The lowest BCUT2D eigenvalue weighted by atomic mass is 10.2. The largest absolute Gasteiger partial charge is 0.320 e. The zero-order valence-electron chi connectivity index (χ0n) is 13.0. The fourth-order valence-electron chi connectivity index (χ4n) is 1.96. The van der Waals surface area contributed by atoms with Gasteiger partial charge in [0.05, 0.1) is 11.2 Å². The SMILES string of the molecule is Cc1ccc(NC(=O)c2nnc(/C(Cl)=C/c3cnn(C)c3)s2)cc1. The Morgan fingerprint density at radius 1 is 1.25 bits per heavy atom. The van der Waals surface area contributed by atoms with E-state index >= 15 is 0 Å². The molecule has 1 aromatic carbocycles. The summed E-state index contributed by atoms with van der Waals surface area (Å²) in [5.41, 5.74) is 2.68. The van der Waals surface area contributed by atoms with E-state index in [1.807, 2.05) is 44.4 Å². The Morgan fingerprint density at radius 2 is 1.96 bits per heavy atom. The first kappa shape index (κ1) is 16.4. The van der Waals surface area contributed by atoms with Crippen LogP contribution in [0.5, 0.6) is 0 Å². The van der Waals surface area contributed by atoms with Crippen LogP contribution in [0.15, 0.2) is 36.7 Å². The molecular weight excluding hydrogens is 346 g/mol. The minimum absolute atomic E-state index is 0.253. The van der Waals surface area contributed by atoms with Gasteiger partial charge in [-0.25, -0.2) is 0 Å². The standard InChI is InChI=1S/C16H14ClN5OS/c1-10-3-5-12(6-4-10)19-14(23)16-21-20-15(24-16)13(17)7-11-8-18-22(2)9-11/h3-9H,1-2H3,(H,19,23)/b13-7-. The van der Waals surface area contributed by atoms with Crippen molar-refractivity contribution in [3.63, 3.8) is 0 Å². The average molecular weight is 360 g/mol. The van der Waals surface area contributed by atoms with Gasteiger partial charge in [-0.05, 0) is 25.1 Å². The van der Waals surface area contributed by atoms with E-state index in [1.165, 1.54) is 0 Å². The number of amides is 1. The van der Waals surface area contributed by atoms with Crippen LogP contribution >= 0.6 is 22.9 Å². The summed E-state index contributed by atoms with van der Waals surface area (Å²) in [5.74, 6) is -0.312. The van der Waals surface area contributed by atoms with Crippen molar-refractivity contribution in [2.24, 2.45) is 7.05 Å². The molecule has 0 saturated carbocycles. The Balaban J connectivity index is 1.73. The molecule has 3 aromatic rings. The second kappa shape index (κ2) is 6.94. The van der Waals surface area contributed by atoms with Crippen LogP contribution in [-0.4, -0.2) is 25.9 Å². The Labute approximate surface area is 147 Å². The van der Waals surface area contributed by atoms with Crippen molar-refractivity contribution in [2.75, 3.05) is 5.32 Å². The van der Waals surface area contributed by atoms with E-state index in [2.05, 4.69) is 20.6 Å². The van der Waals surface area contributed by atoms with E-state index in [1.54, 1.807) is 17.0 Å². The molecule has 2 aromatic heterocycles. The van der Waals surface area contributed by atoms with E-state index in [0.717, 1.165) is 22.5 Å². The summed E-state index contributed by atoms with van der Waals surface area (Å²) in [6.45, 7) is 1.99. The molecule has 0 atom stereocenters. The third-order valence-electron chi connectivity index (χ3n) is 3.15. The fourth-order valence-corrected chi connectivity index (χ4v) is 2.88. The van der Waals surface area contributed by atoms with Gasteiger partial charge in [0.1, 0.15) is 0 Å². The first-order valence-electron chi connectivity index (χ1n) is 7.09. The van der Waals surface area contributed by atoms with Gasteiger partial charge in [-0.15, -0.1) is 10.2 Å². The first-order valence-corrected chi connectivity index (χ1v) is 8.28. The van der Waals surface area contributed by atoms with Crippen LogP contribution in [0.4, 0.5) is 5.69 Å². The van der Waals surface area contributed by atoms with Crippen LogP contribution in [0.3, 0.4) is 0 Å². The molecule has 24 heavy (non-hydrogen) atoms. The molecule has 0 aliphatic heterocycles. The fraction of sp³-hybridized carbons (Fsp3) is 0.125. The van der Waals surface area contributed by atoms with Crippen LogP contribution in [0, 0.1) is 6.92 Å². The highest BCUT2D eigenvalue weighted by Gasteiger charge is 2.15. The maximum atomic E-state index is 12.2. The van der Waals surface area contributed by atoms with Gasteiger partial charge >= 0.3 is 0 Å². The Hall–Kier alpha value is -2.51. The third kappa shape index (κ3) is 3.87. The van der Waals surface area contributed by atoms with Gasteiger partial charge in [-0.1, -0.05) is 40.6 Å². The maximum absolute atomic E-state index is 12.2. The monoisotopic (exact) mass is 359 g/mol. The molecule has 0 bridgehead atoms. The number of anilines is 1. The smallest absolute Gasteiger partial charge is 0.286 e. The van der Waals surface area contributed by atoms with Gasteiger partial charge in [0.15, 0.2) is 5.01 Å². The summed E-state index contributed by atoms with van der Waals surface area (Å²) >= 11 is 7.38. The molecule has 122 valence electrons. The number of rotatable bonds is 4. The summed E-state index contributed by atoms with van der Waals surface area (Å²) in [4.78, 5) is 12.2. The number of nitrogens with zero attached hydrogens (tertiary/aromatic N) is 4. The van der Waals surface area contributed by atoms with Crippen molar-refractivity contribution in [1.82, 2.24) is 20.0 Å². The van der Waals surface area contributed by atoms with Crippen molar-refractivity contribution in [2.45, 2.75) is 6.92 Å². The molecule has 0 aliphatic carbocycles. The molecule has 0 aliphatic rings. The number of aryl methyl sites for hydroxylation is 2. The van der Waals surface area contributed by atoms with Gasteiger partial charge in [0, 0.05) is 24.5 Å². The number of hydrogen-bond acceptors (Lipinski definition) is 5. The predicted molar refractivity (Wildman–Crippen MR) is 96.0 cm³/mol. The van der Waals surface area contributed by atoms with Crippen molar-refractivity contribution in [3.8, 4) is 0 Å². The van der Waals surface area contributed by atoms with Crippen LogP contribution < -0.4 is 5.32 Å². The highest BCUT2D eigenvalue weighted by atomic mass is 35.5. The van der Waals surface area contributed by atoms with E-state index in [9.17, 15) is 4.79 Å². The molecule has 6 nitrogen and oxygen atoms in total. The molecule has 1 N–H and O–H groups in total. The van der Waals surface area contributed by atoms with Crippen LogP contribution in [0.25, 0.3) is 11.1 Å². The second-order valence-corrected chi connectivity index (χ2v) is 6.56. The molecule has 0 unspecified atom stereocenters. The van der Waals surface area contributed by atoms with E-state index < -0.39 is 0 Å². The van der Waals surface area contributed by atoms with E-state index in [4.69, 9.17) is 11.6 Å². The molecule has 2 heterocycles. The minimum Gasteiger partial charge on any atom is -0.320 e. The molecule has 1 amide bonds. The predicted octanol–water partition coefficient (Wildman–Crippen LogP) is 3.57. The number of aromatic nitrogens is 4. The number of benzene rings is 1. The number of halogens is 1. The van der Waals surface area contributed by atoms with Crippen LogP contribution in [-0.2, 0) is 7.05 Å². The van der Waals surface area contributed by atoms with Crippen molar-refractivity contribution in [1.29, 1.82) is 0 Å². The topological polar surface area (TPSA) is 72.7 Å². The highest BCUT2D eigenvalue weighted by molar-refractivity contribution is 7.15. The number of carbonyl (C=O) groups is 1. The molecule has 8 heteroatoms. The van der Waals surface area contributed by atoms with E-state index in [-0.39, 0.29) is 10.9 Å². The third-order valence-corrected chi connectivity index (χ3v) is 4.51. The second-order valence-electron chi connectivity index (χ2n) is 5.17. The number of carbonyl (C=O) groups excluding carboxylic acids is 1. The van der Waals surface area contributed by atoms with Gasteiger partial charge in [-0.2, -0.15) is 5.10 Å². The number of hydrogen-bond donors (Lipinski definition) is 1. The average Bonchev–Trinajstić information content (AvgIpc) is 3.19. The van der Waals surface area contributed by atoms with Crippen LogP contribution in [0.1, 0.15) is 25.9 Å². The maximum Gasteiger partial charge on any atom is 0.286 e. The molecular formula is C16H14ClN5OS. The van der Waals surface area contributed by atoms with Crippen molar-refractivity contribution < 1.29 is 4.79 Å². The van der Waals surface area contributed by atoms with Crippen molar-refractivity contribution in [3.05, 3.63) is 57.8 Å². The summed E-state index contributed by atoms with van der Waals surface area (Å²) in [6.07, 6.45) is 5.25. The van der Waals surface area contributed by atoms with Gasteiger partial charge in [0.25, 0.3) is 5.91 Å². The Kier molecular flexibility index (Phi) is 4.73. The van der Waals surface area contributed by atoms with Gasteiger partial charge in [-0.3, -0.25) is 9.48 Å². The lowest BCUT2D eigenvalue weighted by Crippen LogP contribution is -2.11.